The lowest BCUT2D eigenvalue weighted by atomic mass is 9.89. The summed E-state index contributed by atoms with van der Waals surface area (Å²) in [6.45, 7) is 1.76. The normalized spacial score (nSPS) is 12.2. The van der Waals surface area contributed by atoms with E-state index >= 15 is 0 Å². The van der Waals surface area contributed by atoms with Crippen LogP contribution in [0, 0.1) is 6.92 Å². The van der Waals surface area contributed by atoms with Crippen molar-refractivity contribution in [2.75, 3.05) is 20.5 Å². The minimum absolute atomic E-state index is 0.0497. The SMILES string of the molecule is COCOc1c(CNC(CO)C(=O)O)cc(C)cc1-c1c2ccccc2cc2ccccc12. The molecule has 0 amide bonds. The highest BCUT2D eigenvalue weighted by molar-refractivity contribution is 6.13. The maximum Gasteiger partial charge on any atom is 0.323 e. The number of methoxy groups -OCH3 is 1. The van der Waals surface area contributed by atoms with Gasteiger partial charge in [-0.1, -0.05) is 54.6 Å². The van der Waals surface area contributed by atoms with E-state index in [-0.39, 0.29) is 13.3 Å². The van der Waals surface area contributed by atoms with Gasteiger partial charge in [0.15, 0.2) is 6.79 Å². The zero-order chi connectivity index (χ0) is 23.4. The number of aliphatic carboxylic acids is 1. The summed E-state index contributed by atoms with van der Waals surface area (Å²) in [6.07, 6.45) is 0. The van der Waals surface area contributed by atoms with E-state index < -0.39 is 18.6 Å². The van der Waals surface area contributed by atoms with E-state index in [1.807, 2.05) is 37.3 Å². The van der Waals surface area contributed by atoms with Gasteiger partial charge >= 0.3 is 5.97 Å². The molecule has 0 radical (unpaired) electrons. The lowest BCUT2D eigenvalue weighted by Crippen LogP contribution is -2.39. The summed E-state index contributed by atoms with van der Waals surface area (Å²) in [4.78, 5) is 11.4. The van der Waals surface area contributed by atoms with Gasteiger partial charge in [0.1, 0.15) is 11.8 Å². The van der Waals surface area contributed by atoms with E-state index in [1.54, 1.807) is 7.11 Å². The van der Waals surface area contributed by atoms with Crippen LogP contribution in [0.5, 0.6) is 5.75 Å². The molecule has 6 nitrogen and oxygen atoms in total. The van der Waals surface area contributed by atoms with Crippen molar-refractivity contribution in [3.05, 3.63) is 77.9 Å². The van der Waals surface area contributed by atoms with Gasteiger partial charge in [0, 0.05) is 30.3 Å². The predicted molar refractivity (Wildman–Crippen MR) is 129 cm³/mol. The first kappa shape index (κ1) is 22.7. The van der Waals surface area contributed by atoms with Gasteiger partial charge in [0.05, 0.1) is 6.61 Å². The zero-order valence-corrected chi connectivity index (χ0v) is 18.7. The number of carbonyl (C=O) groups is 1. The molecular formula is C27H27NO5. The van der Waals surface area contributed by atoms with Crippen molar-refractivity contribution >= 4 is 27.5 Å². The molecule has 4 aromatic rings. The van der Waals surface area contributed by atoms with Gasteiger partial charge in [-0.15, -0.1) is 0 Å². The molecule has 0 aliphatic carbocycles. The van der Waals surface area contributed by atoms with Gasteiger partial charge in [0.2, 0.25) is 0 Å². The highest BCUT2D eigenvalue weighted by Gasteiger charge is 2.20. The second-order valence-electron chi connectivity index (χ2n) is 8.00. The number of hydrogen-bond acceptors (Lipinski definition) is 5. The summed E-state index contributed by atoms with van der Waals surface area (Å²) in [7, 11) is 1.56. The molecular weight excluding hydrogens is 418 g/mol. The Morgan fingerprint density at radius 1 is 1.00 bits per heavy atom. The fourth-order valence-corrected chi connectivity index (χ4v) is 4.22. The molecule has 0 saturated carbocycles. The fraction of sp³-hybridized carbons (Fsp3) is 0.222. The van der Waals surface area contributed by atoms with Crippen molar-refractivity contribution in [2.24, 2.45) is 0 Å². The Morgan fingerprint density at radius 3 is 2.21 bits per heavy atom. The summed E-state index contributed by atoms with van der Waals surface area (Å²) in [5.74, 6) is -0.483. The first-order chi connectivity index (χ1) is 16.0. The number of carboxylic acid groups (broad SMARTS) is 1. The fourth-order valence-electron chi connectivity index (χ4n) is 4.22. The van der Waals surface area contributed by atoms with E-state index in [9.17, 15) is 15.0 Å². The number of aliphatic hydroxyl groups is 1. The summed E-state index contributed by atoms with van der Waals surface area (Å²) < 4.78 is 11.3. The van der Waals surface area contributed by atoms with Crippen LogP contribution in [-0.2, 0) is 16.1 Å². The molecule has 0 aliphatic rings. The van der Waals surface area contributed by atoms with Crippen LogP contribution < -0.4 is 10.1 Å². The molecule has 1 unspecified atom stereocenters. The van der Waals surface area contributed by atoms with E-state index in [0.717, 1.165) is 43.8 Å². The van der Waals surface area contributed by atoms with E-state index in [1.165, 1.54) is 0 Å². The highest BCUT2D eigenvalue weighted by Crippen LogP contribution is 2.42. The maximum absolute atomic E-state index is 11.4. The van der Waals surface area contributed by atoms with Crippen LogP contribution >= 0.6 is 0 Å². The quantitative estimate of drug-likeness (QED) is 0.260. The number of hydrogen-bond donors (Lipinski definition) is 3. The van der Waals surface area contributed by atoms with Crippen molar-refractivity contribution in [1.29, 1.82) is 0 Å². The van der Waals surface area contributed by atoms with Crippen molar-refractivity contribution in [3.63, 3.8) is 0 Å². The van der Waals surface area contributed by atoms with Crippen LogP contribution in [0.15, 0.2) is 66.7 Å². The number of carboxylic acids is 1. The summed E-state index contributed by atoms with van der Waals surface area (Å²) in [6, 6.07) is 21.6. The van der Waals surface area contributed by atoms with E-state index in [4.69, 9.17) is 9.47 Å². The Kier molecular flexibility index (Phi) is 6.89. The molecule has 0 heterocycles. The number of benzene rings is 4. The molecule has 0 aromatic heterocycles. The standard InChI is InChI=1S/C27H27NO5/c1-17-11-20(14-28-24(15-29)27(30)31)26(33-16-32-2)23(12-17)25-21-9-5-3-7-18(21)13-19-8-4-6-10-22(19)25/h3-13,24,28-29H,14-16H2,1-2H3,(H,30,31). The first-order valence-electron chi connectivity index (χ1n) is 10.8. The third kappa shape index (κ3) is 4.68. The number of aliphatic hydroxyl groups excluding tert-OH is 1. The van der Waals surface area contributed by atoms with Crippen LogP contribution in [0.25, 0.3) is 32.7 Å². The molecule has 0 aliphatic heterocycles. The third-order valence-corrected chi connectivity index (χ3v) is 5.69. The molecule has 0 bridgehead atoms. The molecule has 0 spiro atoms. The average molecular weight is 446 g/mol. The van der Waals surface area contributed by atoms with Crippen LogP contribution in [0.1, 0.15) is 11.1 Å². The van der Waals surface area contributed by atoms with Crippen LogP contribution in [0.3, 0.4) is 0 Å². The molecule has 0 fully saturated rings. The number of ether oxygens (including phenoxy) is 2. The average Bonchev–Trinajstić information content (AvgIpc) is 2.81. The van der Waals surface area contributed by atoms with Crippen LogP contribution in [0.2, 0.25) is 0 Å². The lowest BCUT2D eigenvalue weighted by Gasteiger charge is -2.21. The van der Waals surface area contributed by atoms with Gasteiger partial charge < -0.3 is 19.7 Å². The van der Waals surface area contributed by atoms with Crippen molar-refractivity contribution < 1.29 is 24.5 Å². The molecule has 4 rings (SSSR count). The number of aryl methyl sites for hydroxylation is 1. The second-order valence-corrected chi connectivity index (χ2v) is 8.00. The summed E-state index contributed by atoms with van der Waals surface area (Å²) >= 11 is 0. The summed E-state index contributed by atoms with van der Waals surface area (Å²) in [5, 5.41) is 26.1. The predicted octanol–water partition coefficient (Wildman–Crippen LogP) is 4.49. The Bertz CT molecular complexity index is 1250. The van der Waals surface area contributed by atoms with Crippen molar-refractivity contribution in [1.82, 2.24) is 5.32 Å². The Balaban J connectivity index is 1.96. The van der Waals surface area contributed by atoms with Crippen molar-refractivity contribution in [2.45, 2.75) is 19.5 Å². The largest absolute Gasteiger partial charge is 0.480 e. The van der Waals surface area contributed by atoms with E-state index in [2.05, 4.69) is 41.7 Å². The smallest absolute Gasteiger partial charge is 0.323 e. The molecule has 3 N–H and O–H groups in total. The molecule has 6 heteroatoms. The topological polar surface area (TPSA) is 88.0 Å². The highest BCUT2D eigenvalue weighted by atomic mass is 16.7. The molecule has 170 valence electrons. The molecule has 4 aromatic carbocycles. The first-order valence-corrected chi connectivity index (χ1v) is 10.8. The van der Waals surface area contributed by atoms with Gasteiger partial charge in [-0.3, -0.25) is 10.1 Å². The van der Waals surface area contributed by atoms with Crippen molar-refractivity contribution in [3.8, 4) is 16.9 Å². The Labute approximate surface area is 192 Å². The van der Waals surface area contributed by atoms with Crippen LogP contribution in [-0.4, -0.2) is 42.7 Å². The third-order valence-electron chi connectivity index (χ3n) is 5.69. The molecule has 1 atom stereocenters. The van der Waals surface area contributed by atoms with Crippen LogP contribution in [0.4, 0.5) is 0 Å². The second kappa shape index (κ2) is 10.0. The minimum atomic E-state index is -1.11. The Hall–Kier alpha value is -3.45. The van der Waals surface area contributed by atoms with Gasteiger partial charge in [-0.25, -0.2) is 0 Å². The summed E-state index contributed by atoms with van der Waals surface area (Å²) in [5.41, 5.74) is 3.77. The maximum atomic E-state index is 11.4. The lowest BCUT2D eigenvalue weighted by molar-refractivity contribution is -0.140. The van der Waals surface area contributed by atoms with Gasteiger partial charge in [-0.05, 0) is 46.2 Å². The number of rotatable bonds is 9. The van der Waals surface area contributed by atoms with Gasteiger partial charge in [0.25, 0.3) is 0 Å². The zero-order valence-electron chi connectivity index (χ0n) is 18.7. The van der Waals surface area contributed by atoms with E-state index in [0.29, 0.717) is 5.75 Å². The molecule has 0 saturated heterocycles. The van der Waals surface area contributed by atoms with Gasteiger partial charge in [-0.2, -0.15) is 0 Å². The Morgan fingerprint density at radius 2 is 1.64 bits per heavy atom. The number of fused-ring (bicyclic) bond motifs is 2. The minimum Gasteiger partial charge on any atom is -0.480 e. The number of nitrogens with one attached hydrogen (secondary N) is 1. The molecule has 33 heavy (non-hydrogen) atoms. The monoisotopic (exact) mass is 445 g/mol.